The first-order valence-electron chi connectivity index (χ1n) is 6.84. The van der Waals surface area contributed by atoms with Crippen molar-refractivity contribution in [2.75, 3.05) is 24.6 Å². The first-order valence-corrected chi connectivity index (χ1v) is 8.66. The van der Waals surface area contributed by atoms with Gasteiger partial charge in [-0.25, -0.2) is 8.42 Å². The average molecular weight is 276 g/mol. The van der Waals surface area contributed by atoms with Crippen molar-refractivity contribution in [3.63, 3.8) is 0 Å². The van der Waals surface area contributed by atoms with E-state index in [9.17, 15) is 13.5 Å². The van der Waals surface area contributed by atoms with Gasteiger partial charge in [0, 0.05) is 25.2 Å². The van der Waals surface area contributed by atoms with Gasteiger partial charge in [0.2, 0.25) is 0 Å². The first kappa shape index (κ1) is 14.2. The van der Waals surface area contributed by atoms with Crippen LogP contribution in [0.5, 0.6) is 0 Å². The highest BCUT2D eigenvalue weighted by molar-refractivity contribution is 7.91. The Morgan fingerprint density at radius 3 is 2.50 bits per heavy atom. The van der Waals surface area contributed by atoms with Gasteiger partial charge in [-0.2, -0.15) is 0 Å². The minimum absolute atomic E-state index is 0.0746. The maximum absolute atomic E-state index is 11.6. The van der Waals surface area contributed by atoms with Crippen LogP contribution < -0.4 is 5.32 Å². The molecule has 0 aromatic rings. The van der Waals surface area contributed by atoms with Crippen LogP contribution in [-0.2, 0) is 9.84 Å². The van der Waals surface area contributed by atoms with Crippen LogP contribution in [0.4, 0.5) is 0 Å². The standard InChI is InChI=1S/C12H24N2O3S/c1-3-9-6-14(10(4-2)5-13-9)11-7-18(16,17)8-12(11)15/h9-13,15H,3-8H2,1-2H3. The Labute approximate surface area is 109 Å². The molecule has 0 bridgehead atoms. The van der Waals surface area contributed by atoms with Crippen LogP contribution in [0.15, 0.2) is 0 Å². The van der Waals surface area contributed by atoms with Gasteiger partial charge in [0.1, 0.15) is 0 Å². The Morgan fingerprint density at radius 2 is 2.00 bits per heavy atom. The third kappa shape index (κ3) is 2.87. The predicted octanol–water partition coefficient (Wildman–Crippen LogP) is -0.393. The Hall–Kier alpha value is -0.170. The Kier molecular flexibility index (Phi) is 4.31. The Balaban J connectivity index is 2.13. The lowest BCUT2D eigenvalue weighted by atomic mass is 10.0. The van der Waals surface area contributed by atoms with Gasteiger partial charge in [-0.1, -0.05) is 13.8 Å². The van der Waals surface area contributed by atoms with E-state index in [-0.39, 0.29) is 17.5 Å². The fraction of sp³-hybridized carbons (Fsp3) is 1.00. The lowest BCUT2D eigenvalue weighted by Gasteiger charge is -2.43. The molecule has 0 aromatic carbocycles. The summed E-state index contributed by atoms with van der Waals surface area (Å²) in [6.07, 6.45) is 1.29. The van der Waals surface area contributed by atoms with Gasteiger partial charge in [-0.3, -0.25) is 4.90 Å². The zero-order chi connectivity index (χ0) is 13.3. The smallest absolute Gasteiger partial charge is 0.154 e. The zero-order valence-electron chi connectivity index (χ0n) is 11.2. The molecule has 0 radical (unpaired) electrons. The Bertz CT molecular complexity index is 385. The summed E-state index contributed by atoms with van der Waals surface area (Å²) in [5, 5.41) is 13.5. The molecule has 4 unspecified atom stereocenters. The number of aliphatic hydroxyl groups is 1. The maximum atomic E-state index is 11.6. The van der Waals surface area contributed by atoms with Crippen molar-refractivity contribution >= 4 is 9.84 Å². The highest BCUT2D eigenvalue weighted by Gasteiger charge is 2.43. The third-order valence-electron chi connectivity index (χ3n) is 4.23. The number of hydrogen-bond donors (Lipinski definition) is 2. The van der Waals surface area contributed by atoms with Crippen molar-refractivity contribution < 1.29 is 13.5 Å². The normalized spacial score (nSPS) is 41.1. The predicted molar refractivity (Wildman–Crippen MR) is 71.3 cm³/mol. The molecule has 2 saturated heterocycles. The summed E-state index contributed by atoms with van der Waals surface area (Å²) < 4.78 is 23.3. The second-order valence-corrected chi connectivity index (χ2v) is 7.64. The Morgan fingerprint density at radius 1 is 1.28 bits per heavy atom. The van der Waals surface area contributed by atoms with Crippen LogP contribution in [0.2, 0.25) is 0 Å². The molecule has 0 saturated carbocycles. The van der Waals surface area contributed by atoms with Crippen molar-refractivity contribution in [3.8, 4) is 0 Å². The second-order valence-electron chi connectivity index (χ2n) is 5.48. The van der Waals surface area contributed by atoms with E-state index >= 15 is 0 Å². The molecule has 18 heavy (non-hydrogen) atoms. The van der Waals surface area contributed by atoms with Gasteiger partial charge in [-0.15, -0.1) is 0 Å². The number of sulfone groups is 1. The molecule has 5 nitrogen and oxygen atoms in total. The number of nitrogens with zero attached hydrogens (tertiary/aromatic N) is 1. The molecule has 2 aliphatic rings. The molecule has 2 aliphatic heterocycles. The van der Waals surface area contributed by atoms with E-state index in [4.69, 9.17) is 0 Å². The van der Waals surface area contributed by atoms with Crippen LogP contribution in [0.3, 0.4) is 0 Å². The van der Waals surface area contributed by atoms with Gasteiger partial charge in [0.25, 0.3) is 0 Å². The van der Waals surface area contributed by atoms with E-state index in [0.29, 0.717) is 12.1 Å². The van der Waals surface area contributed by atoms with Crippen molar-refractivity contribution in [2.24, 2.45) is 0 Å². The summed E-state index contributed by atoms with van der Waals surface area (Å²) in [4.78, 5) is 2.22. The molecule has 2 rings (SSSR count). The molecule has 6 heteroatoms. The number of aliphatic hydroxyl groups excluding tert-OH is 1. The molecule has 106 valence electrons. The van der Waals surface area contributed by atoms with Crippen molar-refractivity contribution in [1.29, 1.82) is 0 Å². The molecule has 0 aromatic heterocycles. The molecule has 0 aliphatic carbocycles. The van der Waals surface area contributed by atoms with Gasteiger partial charge < -0.3 is 10.4 Å². The second kappa shape index (κ2) is 5.45. The van der Waals surface area contributed by atoms with Crippen LogP contribution in [-0.4, -0.2) is 67.2 Å². The monoisotopic (exact) mass is 276 g/mol. The van der Waals surface area contributed by atoms with E-state index in [2.05, 4.69) is 24.1 Å². The summed E-state index contributed by atoms with van der Waals surface area (Å²) in [7, 11) is -3.06. The number of piperazine rings is 1. The minimum atomic E-state index is -3.06. The van der Waals surface area contributed by atoms with Crippen LogP contribution in [0.25, 0.3) is 0 Å². The summed E-state index contributed by atoms with van der Waals surface area (Å²) in [5.74, 6) is 0.0376. The SMILES string of the molecule is CCC1CN(C2CS(=O)(=O)CC2O)C(CC)CN1. The van der Waals surface area contributed by atoms with Crippen LogP contribution >= 0.6 is 0 Å². The van der Waals surface area contributed by atoms with Gasteiger partial charge >= 0.3 is 0 Å². The molecular formula is C12H24N2O3S. The third-order valence-corrected chi connectivity index (χ3v) is 5.92. The fourth-order valence-corrected chi connectivity index (χ4v) is 4.89. The minimum Gasteiger partial charge on any atom is -0.390 e. The summed E-state index contributed by atoms with van der Waals surface area (Å²) in [6, 6.07) is 0.528. The zero-order valence-corrected chi connectivity index (χ0v) is 12.0. The van der Waals surface area contributed by atoms with Crippen molar-refractivity contribution in [3.05, 3.63) is 0 Å². The maximum Gasteiger partial charge on any atom is 0.154 e. The summed E-state index contributed by atoms with van der Waals surface area (Å²) in [6.45, 7) is 5.97. The lowest BCUT2D eigenvalue weighted by molar-refractivity contribution is 0.0260. The van der Waals surface area contributed by atoms with E-state index in [1.54, 1.807) is 0 Å². The van der Waals surface area contributed by atoms with Crippen LogP contribution in [0.1, 0.15) is 26.7 Å². The number of nitrogens with one attached hydrogen (secondary N) is 1. The molecule has 0 amide bonds. The topological polar surface area (TPSA) is 69.6 Å². The molecule has 0 spiro atoms. The summed E-state index contributed by atoms with van der Waals surface area (Å²) in [5.41, 5.74) is 0. The average Bonchev–Trinajstić information content (AvgIpc) is 2.61. The number of rotatable bonds is 3. The molecular weight excluding hydrogens is 252 g/mol. The van der Waals surface area contributed by atoms with Crippen molar-refractivity contribution in [1.82, 2.24) is 10.2 Å². The van der Waals surface area contributed by atoms with Crippen molar-refractivity contribution in [2.45, 2.75) is 50.9 Å². The molecule has 2 fully saturated rings. The first-order chi connectivity index (χ1) is 8.46. The van der Waals surface area contributed by atoms with E-state index < -0.39 is 15.9 Å². The largest absolute Gasteiger partial charge is 0.390 e. The highest BCUT2D eigenvalue weighted by Crippen LogP contribution is 2.24. The van der Waals surface area contributed by atoms with Gasteiger partial charge in [-0.05, 0) is 12.8 Å². The van der Waals surface area contributed by atoms with E-state index in [1.807, 2.05) is 0 Å². The van der Waals surface area contributed by atoms with Gasteiger partial charge in [0.05, 0.1) is 23.7 Å². The number of hydrogen-bond acceptors (Lipinski definition) is 5. The van der Waals surface area contributed by atoms with E-state index in [1.165, 1.54) is 0 Å². The quantitative estimate of drug-likeness (QED) is 0.734. The van der Waals surface area contributed by atoms with Crippen LogP contribution in [0, 0.1) is 0 Å². The van der Waals surface area contributed by atoms with Gasteiger partial charge in [0.15, 0.2) is 9.84 Å². The fourth-order valence-electron chi connectivity index (χ4n) is 3.07. The molecule has 2 heterocycles. The molecule has 2 N–H and O–H groups in total. The summed E-state index contributed by atoms with van der Waals surface area (Å²) >= 11 is 0. The molecule has 4 atom stereocenters. The lowest BCUT2D eigenvalue weighted by Crippen LogP contribution is -2.61. The highest BCUT2D eigenvalue weighted by atomic mass is 32.2. The van der Waals surface area contributed by atoms with E-state index in [0.717, 1.165) is 25.9 Å².